The Hall–Kier alpha value is -3.05. The minimum atomic E-state index is -0.370. The van der Waals surface area contributed by atoms with E-state index < -0.39 is 0 Å². The van der Waals surface area contributed by atoms with Crippen molar-refractivity contribution in [2.75, 3.05) is 14.1 Å². The van der Waals surface area contributed by atoms with E-state index >= 15 is 0 Å². The molecule has 0 aliphatic carbocycles. The van der Waals surface area contributed by atoms with E-state index in [2.05, 4.69) is 20.3 Å². The van der Waals surface area contributed by atoms with Gasteiger partial charge in [-0.1, -0.05) is 23.7 Å². The average molecular weight is 381 g/mol. The predicted octanol–water partition coefficient (Wildman–Crippen LogP) is 4.89. The van der Waals surface area contributed by atoms with Crippen LogP contribution in [0.2, 0.25) is 5.02 Å². The largest absolute Gasteiger partial charge is 0.373 e. The third kappa shape index (κ3) is 4.38. The number of hydrogen-bond acceptors (Lipinski definition) is 3. The second-order valence-electron chi connectivity index (χ2n) is 5.72. The summed E-state index contributed by atoms with van der Waals surface area (Å²) in [5, 5.41) is 3.42. The number of halogens is 2. The molecule has 3 rings (SSSR count). The molecule has 0 saturated heterocycles. The Morgan fingerprint density at radius 3 is 2.70 bits per heavy atom. The quantitative estimate of drug-likeness (QED) is 0.517. The molecule has 0 amide bonds. The summed E-state index contributed by atoms with van der Waals surface area (Å²) in [5.41, 5.74) is 4.03. The van der Waals surface area contributed by atoms with Crippen molar-refractivity contribution in [3.8, 4) is 11.1 Å². The van der Waals surface area contributed by atoms with E-state index in [1.807, 2.05) is 37.4 Å². The number of nitrogens with zero attached hydrogens (tertiary/aromatic N) is 3. The fourth-order valence-corrected chi connectivity index (χ4v) is 2.97. The first-order valence-electron chi connectivity index (χ1n) is 8.31. The van der Waals surface area contributed by atoms with Gasteiger partial charge in [-0.25, -0.2) is 4.39 Å². The summed E-state index contributed by atoms with van der Waals surface area (Å²) < 4.78 is 13.4. The summed E-state index contributed by atoms with van der Waals surface area (Å²) in [6.45, 7) is 0. The second kappa shape index (κ2) is 8.56. The molecular weight excluding hydrogens is 363 g/mol. The van der Waals surface area contributed by atoms with Gasteiger partial charge in [0.05, 0.1) is 10.7 Å². The molecule has 0 fully saturated rings. The van der Waals surface area contributed by atoms with E-state index in [4.69, 9.17) is 11.6 Å². The van der Waals surface area contributed by atoms with Crippen molar-refractivity contribution in [1.29, 1.82) is 0 Å². The molecule has 0 atom stereocenters. The van der Waals surface area contributed by atoms with Crippen LogP contribution in [0, 0.1) is 5.82 Å². The molecule has 0 radical (unpaired) electrons. The highest BCUT2D eigenvalue weighted by Gasteiger charge is 2.11. The van der Waals surface area contributed by atoms with Crippen LogP contribution in [-0.2, 0) is 0 Å². The van der Waals surface area contributed by atoms with E-state index in [1.165, 1.54) is 12.1 Å². The zero-order valence-electron chi connectivity index (χ0n) is 14.9. The summed E-state index contributed by atoms with van der Waals surface area (Å²) >= 11 is 6.22. The van der Waals surface area contributed by atoms with Crippen molar-refractivity contribution < 1.29 is 4.39 Å². The Morgan fingerprint density at radius 1 is 1.19 bits per heavy atom. The molecule has 136 valence electrons. The van der Waals surface area contributed by atoms with Gasteiger partial charge in [0.25, 0.3) is 0 Å². The Labute approximate surface area is 162 Å². The second-order valence-corrected chi connectivity index (χ2v) is 6.13. The van der Waals surface area contributed by atoms with E-state index in [-0.39, 0.29) is 5.82 Å². The Balaban J connectivity index is 2.10. The van der Waals surface area contributed by atoms with Crippen LogP contribution < -0.4 is 5.32 Å². The maximum absolute atomic E-state index is 13.4. The summed E-state index contributed by atoms with van der Waals surface area (Å²) in [7, 11) is 3.52. The number of benzene rings is 2. The highest BCUT2D eigenvalue weighted by molar-refractivity contribution is 6.33. The lowest BCUT2D eigenvalue weighted by Crippen LogP contribution is -2.19. The van der Waals surface area contributed by atoms with Gasteiger partial charge in [0.2, 0.25) is 0 Å². The first kappa shape index (κ1) is 18.7. The first-order valence-corrected chi connectivity index (χ1v) is 8.68. The number of pyridine rings is 1. The van der Waals surface area contributed by atoms with Crippen molar-refractivity contribution in [3.63, 3.8) is 0 Å². The number of aliphatic imine (C=N–C) groups is 2. The third-order valence-corrected chi connectivity index (χ3v) is 4.31. The lowest BCUT2D eigenvalue weighted by molar-refractivity contribution is 0.628. The fraction of sp³-hybridized carbons (Fsp3) is 0.0952. The fourth-order valence-electron chi connectivity index (χ4n) is 2.69. The van der Waals surface area contributed by atoms with Crippen LogP contribution in [0.3, 0.4) is 0 Å². The van der Waals surface area contributed by atoms with Gasteiger partial charge in [-0.2, -0.15) is 0 Å². The SMILES string of the molecule is CN=C(NC)c1ccc(-c2ccc(F)cc2Cl)cc1N=Cc1cccnc1. The molecule has 6 heteroatoms. The molecule has 0 unspecified atom stereocenters. The van der Waals surface area contributed by atoms with Crippen LogP contribution in [0.1, 0.15) is 11.1 Å². The van der Waals surface area contributed by atoms with Gasteiger partial charge in [0.15, 0.2) is 0 Å². The lowest BCUT2D eigenvalue weighted by Gasteiger charge is -2.12. The molecular formula is C21H18ClFN4. The number of rotatable bonds is 4. The van der Waals surface area contributed by atoms with Gasteiger partial charge in [-0.05, 0) is 42.0 Å². The Bertz CT molecular complexity index is 1000. The summed E-state index contributed by atoms with van der Waals surface area (Å²) in [4.78, 5) is 13.0. The van der Waals surface area contributed by atoms with Gasteiger partial charge in [0.1, 0.15) is 11.7 Å². The molecule has 1 aromatic heterocycles. The number of hydrogen-bond donors (Lipinski definition) is 1. The molecule has 1 N–H and O–H groups in total. The van der Waals surface area contributed by atoms with Crippen molar-refractivity contribution in [1.82, 2.24) is 10.3 Å². The predicted molar refractivity (Wildman–Crippen MR) is 110 cm³/mol. The Morgan fingerprint density at radius 2 is 2.04 bits per heavy atom. The number of nitrogens with one attached hydrogen (secondary N) is 1. The van der Waals surface area contributed by atoms with Crippen molar-refractivity contribution >= 4 is 29.3 Å². The molecule has 4 nitrogen and oxygen atoms in total. The number of amidine groups is 1. The smallest absolute Gasteiger partial charge is 0.129 e. The molecule has 0 spiro atoms. The highest BCUT2D eigenvalue weighted by Crippen LogP contribution is 2.32. The van der Waals surface area contributed by atoms with Gasteiger partial charge >= 0.3 is 0 Å². The topological polar surface area (TPSA) is 49.6 Å². The maximum atomic E-state index is 13.4. The third-order valence-electron chi connectivity index (χ3n) is 3.99. The van der Waals surface area contributed by atoms with E-state index in [9.17, 15) is 4.39 Å². The molecule has 27 heavy (non-hydrogen) atoms. The van der Waals surface area contributed by atoms with Crippen LogP contribution in [0.25, 0.3) is 11.1 Å². The van der Waals surface area contributed by atoms with Crippen LogP contribution in [0.4, 0.5) is 10.1 Å². The van der Waals surface area contributed by atoms with E-state index in [0.717, 1.165) is 22.3 Å². The van der Waals surface area contributed by atoms with Gasteiger partial charge < -0.3 is 5.32 Å². The van der Waals surface area contributed by atoms with Gasteiger partial charge in [-0.3, -0.25) is 15.0 Å². The minimum absolute atomic E-state index is 0.350. The van der Waals surface area contributed by atoms with Crippen LogP contribution in [0.5, 0.6) is 0 Å². The van der Waals surface area contributed by atoms with Gasteiger partial charge in [-0.15, -0.1) is 0 Å². The van der Waals surface area contributed by atoms with Crippen LogP contribution in [0.15, 0.2) is 70.9 Å². The van der Waals surface area contributed by atoms with Crippen molar-refractivity contribution in [2.24, 2.45) is 9.98 Å². The summed E-state index contributed by atoms with van der Waals surface area (Å²) in [6, 6.07) is 13.9. The molecule has 1 heterocycles. The number of aromatic nitrogens is 1. The van der Waals surface area contributed by atoms with Gasteiger partial charge in [0, 0.05) is 49.4 Å². The first-order chi connectivity index (χ1) is 13.1. The van der Waals surface area contributed by atoms with Crippen molar-refractivity contribution in [2.45, 2.75) is 0 Å². The Kier molecular flexibility index (Phi) is 5.94. The highest BCUT2D eigenvalue weighted by atomic mass is 35.5. The molecule has 2 aromatic carbocycles. The van der Waals surface area contributed by atoms with Crippen molar-refractivity contribution in [3.05, 3.63) is 82.9 Å². The molecule has 0 aliphatic rings. The summed E-state index contributed by atoms with van der Waals surface area (Å²) in [6.07, 6.45) is 5.18. The van der Waals surface area contributed by atoms with Crippen LogP contribution >= 0.6 is 11.6 Å². The minimum Gasteiger partial charge on any atom is -0.373 e. The van der Waals surface area contributed by atoms with Crippen LogP contribution in [-0.4, -0.2) is 31.1 Å². The zero-order valence-corrected chi connectivity index (χ0v) is 15.7. The average Bonchev–Trinajstić information content (AvgIpc) is 2.69. The normalized spacial score (nSPS) is 11.8. The molecule has 3 aromatic rings. The zero-order chi connectivity index (χ0) is 19.2. The molecule has 0 aliphatic heterocycles. The summed E-state index contributed by atoms with van der Waals surface area (Å²) in [5.74, 6) is 0.343. The standard InChI is InChI=1S/C21H18ClFN4/c1-24-21(25-2)18-7-5-15(17-8-6-16(23)11-19(17)22)10-20(18)27-13-14-4-3-9-26-12-14/h3-13H,1-2H3,(H,24,25). The van der Waals surface area contributed by atoms with E-state index in [0.29, 0.717) is 16.5 Å². The van der Waals surface area contributed by atoms with E-state index in [1.54, 1.807) is 31.7 Å². The maximum Gasteiger partial charge on any atom is 0.129 e. The lowest BCUT2D eigenvalue weighted by atomic mass is 10.0. The molecule has 0 saturated carbocycles. The molecule has 0 bridgehead atoms. The monoisotopic (exact) mass is 380 g/mol.